The average Bonchev–Trinajstić information content (AvgIpc) is 2.82. The fourth-order valence-corrected chi connectivity index (χ4v) is 3.06. The first-order chi connectivity index (χ1) is 9.63. The summed E-state index contributed by atoms with van der Waals surface area (Å²) in [5.74, 6) is -0.772. The number of benzene rings is 1. The van der Waals surface area contributed by atoms with Crippen molar-refractivity contribution in [2.75, 3.05) is 13.1 Å². The molecule has 20 heavy (non-hydrogen) atoms. The van der Waals surface area contributed by atoms with Gasteiger partial charge < -0.3 is 5.11 Å². The predicted molar refractivity (Wildman–Crippen MR) is 82.1 cm³/mol. The Balaban J connectivity index is 1.94. The van der Waals surface area contributed by atoms with Crippen molar-refractivity contribution in [2.45, 2.75) is 19.9 Å². The van der Waals surface area contributed by atoms with Gasteiger partial charge in [0.15, 0.2) is 0 Å². The molecular formula is C16H19NO2S. The van der Waals surface area contributed by atoms with Gasteiger partial charge in [-0.05, 0) is 31.0 Å². The molecule has 2 aromatic rings. The van der Waals surface area contributed by atoms with E-state index in [9.17, 15) is 4.79 Å². The molecule has 0 aliphatic rings. The molecule has 1 aromatic carbocycles. The second-order valence-electron chi connectivity index (χ2n) is 4.85. The van der Waals surface area contributed by atoms with Crippen LogP contribution in [-0.2, 0) is 17.8 Å². The van der Waals surface area contributed by atoms with E-state index in [0.717, 1.165) is 13.0 Å². The van der Waals surface area contributed by atoms with Gasteiger partial charge in [-0.15, -0.1) is 11.3 Å². The SMILES string of the molecule is Cc1ccc(CN(CCc2ccccc2)CC(=O)O)s1. The second-order valence-corrected chi connectivity index (χ2v) is 6.22. The molecule has 1 heterocycles. The van der Waals surface area contributed by atoms with Crippen LogP contribution in [0, 0.1) is 6.92 Å². The molecule has 2 rings (SSSR count). The molecule has 0 spiro atoms. The Hall–Kier alpha value is -1.65. The highest BCUT2D eigenvalue weighted by Crippen LogP contribution is 2.17. The molecule has 0 aliphatic carbocycles. The van der Waals surface area contributed by atoms with Gasteiger partial charge in [0.1, 0.15) is 0 Å². The molecule has 0 radical (unpaired) electrons. The summed E-state index contributed by atoms with van der Waals surface area (Å²) >= 11 is 1.73. The highest BCUT2D eigenvalue weighted by molar-refractivity contribution is 7.11. The van der Waals surface area contributed by atoms with Gasteiger partial charge in [0.25, 0.3) is 0 Å². The zero-order valence-electron chi connectivity index (χ0n) is 11.6. The summed E-state index contributed by atoms with van der Waals surface area (Å²) in [5.41, 5.74) is 1.24. The smallest absolute Gasteiger partial charge is 0.317 e. The average molecular weight is 289 g/mol. The topological polar surface area (TPSA) is 40.5 Å². The van der Waals surface area contributed by atoms with Crippen LogP contribution in [0.5, 0.6) is 0 Å². The first-order valence-corrected chi connectivity index (χ1v) is 7.48. The Bertz CT molecular complexity index is 551. The van der Waals surface area contributed by atoms with Crippen molar-refractivity contribution in [1.82, 2.24) is 4.90 Å². The number of carboxylic acids is 1. The number of hydrogen-bond donors (Lipinski definition) is 1. The molecule has 106 valence electrons. The summed E-state index contributed by atoms with van der Waals surface area (Å²) in [4.78, 5) is 15.4. The van der Waals surface area contributed by atoms with Crippen molar-refractivity contribution < 1.29 is 9.90 Å². The predicted octanol–water partition coefficient (Wildman–Crippen LogP) is 3.19. The van der Waals surface area contributed by atoms with Crippen LogP contribution in [0.1, 0.15) is 15.3 Å². The highest BCUT2D eigenvalue weighted by Gasteiger charge is 2.11. The van der Waals surface area contributed by atoms with Crippen LogP contribution in [0.4, 0.5) is 0 Å². The van der Waals surface area contributed by atoms with Gasteiger partial charge in [0, 0.05) is 22.8 Å². The van der Waals surface area contributed by atoms with Crippen molar-refractivity contribution in [2.24, 2.45) is 0 Å². The fraction of sp³-hybridized carbons (Fsp3) is 0.312. The maximum atomic E-state index is 11.0. The summed E-state index contributed by atoms with van der Waals surface area (Å²) in [6.45, 7) is 3.62. The van der Waals surface area contributed by atoms with E-state index in [4.69, 9.17) is 5.11 Å². The first-order valence-electron chi connectivity index (χ1n) is 6.67. The zero-order valence-corrected chi connectivity index (χ0v) is 12.4. The van der Waals surface area contributed by atoms with Crippen molar-refractivity contribution in [3.05, 3.63) is 57.8 Å². The Morgan fingerprint density at radius 2 is 1.95 bits per heavy atom. The largest absolute Gasteiger partial charge is 0.480 e. The third-order valence-electron chi connectivity index (χ3n) is 3.09. The molecule has 0 bridgehead atoms. The summed E-state index contributed by atoms with van der Waals surface area (Å²) in [6.07, 6.45) is 0.873. The molecule has 0 saturated heterocycles. The van der Waals surface area contributed by atoms with Crippen LogP contribution >= 0.6 is 11.3 Å². The van der Waals surface area contributed by atoms with Crippen molar-refractivity contribution in [1.29, 1.82) is 0 Å². The van der Waals surface area contributed by atoms with E-state index in [0.29, 0.717) is 6.54 Å². The number of nitrogens with zero attached hydrogens (tertiary/aromatic N) is 1. The van der Waals surface area contributed by atoms with Gasteiger partial charge in [0.2, 0.25) is 0 Å². The van der Waals surface area contributed by atoms with E-state index >= 15 is 0 Å². The Morgan fingerprint density at radius 1 is 1.20 bits per heavy atom. The molecule has 0 saturated carbocycles. The number of aliphatic carboxylic acids is 1. The lowest BCUT2D eigenvalue weighted by Crippen LogP contribution is -2.31. The number of carbonyl (C=O) groups is 1. The minimum atomic E-state index is -0.772. The number of aryl methyl sites for hydroxylation is 1. The minimum Gasteiger partial charge on any atom is -0.480 e. The molecular weight excluding hydrogens is 270 g/mol. The highest BCUT2D eigenvalue weighted by atomic mass is 32.1. The lowest BCUT2D eigenvalue weighted by Gasteiger charge is -2.19. The van der Waals surface area contributed by atoms with Crippen LogP contribution in [0.25, 0.3) is 0 Å². The molecule has 3 nitrogen and oxygen atoms in total. The maximum Gasteiger partial charge on any atom is 0.317 e. The van der Waals surface area contributed by atoms with Gasteiger partial charge in [-0.1, -0.05) is 30.3 Å². The maximum absolute atomic E-state index is 11.0. The van der Waals surface area contributed by atoms with Crippen molar-refractivity contribution in [3.63, 3.8) is 0 Å². The third kappa shape index (κ3) is 4.79. The lowest BCUT2D eigenvalue weighted by atomic mass is 10.1. The van der Waals surface area contributed by atoms with E-state index < -0.39 is 5.97 Å². The van der Waals surface area contributed by atoms with E-state index in [-0.39, 0.29) is 6.54 Å². The molecule has 4 heteroatoms. The molecule has 1 aromatic heterocycles. The Labute approximate surface area is 123 Å². The third-order valence-corrected chi connectivity index (χ3v) is 4.08. The van der Waals surface area contributed by atoms with E-state index in [1.807, 2.05) is 23.1 Å². The van der Waals surface area contributed by atoms with Crippen LogP contribution in [0.15, 0.2) is 42.5 Å². The second kappa shape index (κ2) is 7.22. The zero-order chi connectivity index (χ0) is 14.4. The summed E-state index contributed by atoms with van der Waals surface area (Å²) in [7, 11) is 0. The number of rotatable bonds is 7. The van der Waals surface area contributed by atoms with E-state index in [1.54, 1.807) is 11.3 Å². The van der Waals surface area contributed by atoms with Gasteiger partial charge in [-0.3, -0.25) is 9.69 Å². The number of hydrogen-bond acceptors (Lipinski definition) is 3. The summed E-state index contributed by atoms with van der Waals surface area (Å²) < 4.78 is 0. The minimum absolute atomic E-state index is 0.0871. The van der Waals surface area contributed by atoms with E-state index in [1.165, 1.54) is 15.3 Å². The number of carboxylic acid groups (broad SMARTS) is 1. The van der Waals surface area contributed by atoms with Crippen LogP contribution in [0.2, 0.25) is 0 Å². The fourth-order valence-electron chi connectivity index (χ4n) is 2.13. The monoisotopic (exact) mass is 289 g/mol. The molecule has 0 unspecified atom stereocenters. The van der Waals surface area contributed by atoms with Crippen LogP contribution in [-0.4, -0.2) is 29.1 Å². The van der Waals surface area contributed by atoms with Gasteiger partial charge >= 0.3 is 5.97 Å². The number of thiophene rings is 1. The van der Waals surface area contributed by atoms with Crippen LogP contribution in [0.3, 0.4) is 0 Å². The molecule has 0 amide bonds. The van der Waals surface area contributed by atoms with Gasteiger partial charge in [-0.25, -0.2) is 0 Å². The molecule has 0 aliphatic heterocycles. The Morgan fingerprint density at radius 3 is 2.55 bits per heavy atom. The first kappa shape index (κ1) is 14.8. The summed E-state index contributed by atoms with van der Waals surface area (Å²) in [6, 6.07) is 14.3. The normalized spacial score (nSPS) is 10.9. The standard InChI is InChI=1S/C16H19NO2S/c1-13-7-8-15(20-13)11-17(12-16(18)19)10-9-14-5-3-2-4-6-14/h2-8H,9-12H2,1H3,(H,18,19). The van der Waals surface area contributed by atoms with Crippen molar-refractivity contribution >= 4 is 17.3 Å². The molecule has 0 fully saturated rings. The quantitative estimate of drug-likeness (QED) is 0.851. The Kier molecular flexibility index (Phi) is 5.32. The summed E-state index contributed by atoms with van der Waals surface area (Å²) in [5, 5.41) is 9.03. The van der Waals surface area contributed by atoms with E-state index in [2.05, 4.69) is 31.2 Å². The lowest BCUT2D eigenvalue weighted by molar-refractivity contribution is -0.138. The van der Waals surface area contributed by atoms with Crippen LogP contribution < -0.4 is 0 Å². The van der Waals surface area contributed by atoms with Crippen molar-refractivity contribution in [3.8, 4) is 0 Å². The van der Waals surface area contributed by atoms with Gasteiger partial charge in [0.05, 0.1) is 6.54 Å². The molecule has 0 atom stereocenters. The van der Waals surface area contributed by atoms with Gasteiger partial charge in [-0.2, -0.15) is 0 Å². The molecule has 1 N–H and O–H groups in total.